The van der Waals surface area contributed by atoms with Crippen LogP contribution in [0.15, 0.2) is 108 Å². The number of hydrogen-bond donors (Lipinski definition) is 0. The van der Waals surface area contributed by atoms with Gasteiger partial charge in [0.25, 0.3) is 0 Å². The standard InChI is InChI=1S/C32H29IN2O/c33-30-28-27(21-22-34-31(28)36-26-19-11-4-12-20-26)29(35-30)32(23-13-5-1-6-14-23,24-15-7-2-8-16-24)25-17-9-3-10-18-25/h1-3,5-10,13-18,21-22,26,29H,4,11-12,19-20H2. The van der Waals surface area contributed by atoms with E-state index in [1.54, 1.807) is 0 Å². The maximum atomic E-state index is 6.55. The zero-order valence-corrected chi connectivity index (χ0v) is 22.3. The first-order chi connectivity index (χ1) is 17.8. The van der Waals surface area contributed by atoms with E-state index in [1.165, 1.54) is 41.5 Å². The summed E-state index contributed by atoms with van der Waals surface area (Å²) < 4.78 is 7.52. The molecule has 3 aromatic carbocycles. The Labute approximate surface area is 226 Å². The van der Waals surface area contributed by atoms with Crippen LogP contribution in [0.3, 0.4) is 0 Å². The first-order valence-electron chi connectivity index (χ1n) is 12.8. The number of aliphatic imine (C=N–C) groups is 1. The average Bonchev–Trinajstić information content (AvgIpc) is 3.29. The van der Waals surface area contributed by atoms with Crippen LogP contribution in [-0.2, 0) is 5.41 Å². The minimum Gasteiger partial charge on any atom is -0.474 e. The predicted octanol–water partition coefficient (Wildman–Crippen LogP) is 8.06. The molecule has 0 amide bonds. The molecule has 4 heteroatoms. The van der Waals surface area contributed by atoms with Crippen molar-refractivity contribution >= 4 is 26.3 Å². The Hall–Kier alpha value is -2.99. The molecule has 4 aromatic rings. The lowest BCUT2D eigenvalue weighted by molar-refractivity contribution is 0.148. The maximum absolute atomic E-state index is 6.55. The molecule has 36 heavy (non-hydrogen) atoms. The Balaban J connectivity index is 1.58. The minimum atomic E-state index is -0.505. The van der Waals surface area contributed by atoms with Gasteiger partial charge in [-0.3, -0.25) is 4.99 Å². The molecule has 1 aromatic heterocycles. The number of pyridine rings is 1. The Morgan fingerprint density at radius 2 is 1.22 bits per heavy atom. The summed E-state index contributed by atoms with van der Waals surface area (Å²) in [7, 11) is 0. The first-order valence-corrected chi connectivity index (χ1v) is 13.9. The first kappa shape index (κ1) is 23.4. The molecule has 3 nitrogen and oxygen atoms in total. The monoisotopic (exact) mass is 584 g/mol. The molecule has 1 atom stereocenters. The van der Waals surface area contributed by atoms with Crippen LogP contribution in [0.2, 0.25) is 0 Å². The van der Waals surface area contributed by atoms with Gasteiger partial charge in [-0.05, 0) is 76.6 Å². The van der Waals surface area contributed by atoms with Crippen molar-refractivity contribution in [2.45, 2.75) is 49.7 Å². The van der Waals surface area contributed by atoms with E-state index in [-0.39, 0.29) is 12.1 Å². The molecule has 0 radical (unpaired) electrons. The van der Waals surface area contributed by atoms with Crippen LogP contribution < -0.4 is 4.74 Å². The van der Waals surface area contributed by atoms with Gasteiger partial charge in [-0.25, -0.2) is 4.98 Å². The molecule has 1 saturated carbocycles. The molecule has 2 aliphatic rings. The Kier molecular flexibility index (Phi) is 6.61. The second-order valence-electron chi connectivity index (χ2n) is 9.69. The van der Waals surface area contributed by atoms with Gasteiger partial charge in [-0.2, -0.15) is 0 Å². The van der Waals surface area contributed by atoms with Crippen molar-refractivity contribution in [3.63, 3.8) is 0 Å². The summed E-state index contributed by atoms with van der Waals surface area (Å²) in [4.78, 5) is 10.1. The van der Waals surface area contributed by atoms with Crippen molar-refractivity contribution in [1.82, 2.24) is 4.98 Å². The Bertz CT molecular complexity index is 1250. The number of aromatic nitrogens is 1. The molecule has 6 rings (SSSR count). The van der Waals surface area contributed by atoms with E-state index in [0.717, 1.165) is 28.0 Å². The summed E-state index contributed by atoms with van der Waals surface area (Å²) in [5, 5.41) is 0. The average molecular weight is 585 g/mol. The van der Waals surface area contributed by atoms with E-state index in [0.29, 0.717) is 0 Å². The molecule has 1 aliphatic carbocycles. The van der Waals surface area contributed by atoms with Crippen molar-refractivity contribution in [3.8, 4) is 5.88 Å². The van der Waals surface area contributed by atoms with Gasteiger partial charge < -0.3 is 4.74 Å². The second kappa shape index (κ2) is 10.2. The van der Waals surface area contributed by atoms with E-state index < -0.39 is 5.41 Å². The van der Waals surface area contributed by atoms with Crippen LogP contribution in [0.5, 0.6) is 5.88 Å². The highest BCUT2D eigenvalue weighted by Gasteiger charge is 2.48. The van der Waals surface area contributed by atoms with E-state index >= 15 is 0 Å². The maximum Gasteiger partial charge on any atom is 0.224 e. The fourth-order valence-corrected chi connectivity index (χ4v) is 6.80. The molecule has 0 saturated heterocycles. The molecule has 0 bridgehead atoms. The molecular weight excluding hydrogens is 555 g/mol. The third kappa shape index (κ3) is 4.05. The lowest BCUT2D eigenvalue weighted by Gasteiger charge is -2.40. The summed E-state index contributed by atoms with van der Waals surface area (Å²) >= 11 is 2.39. The highest BCUT2D eigenvalue weighted by Crippen LogP contribution is 2.54. The van der Waals surface area contributed by atoms with Crippen LogP contribution in [0, 0.1) is 0 Å². The third-order valence-electron chi connectivity index (χ3n) is 7.62. The largest absolute Gasteiger partial charge is 0.474 e. The summed E-state index contributed by atoms with van der Waals surface area (Å²) in [5.74, 6) is 0.734. The van der Waals surface area contributed by atoms with Gasteiger partial charge in [-0.15, -0.1) is 0 Å². The van der Waals surface area contributed by atoms with E-state index in [4.69, 9.17) is 14.7 Å². The molecule has 2 heterocycles. The normalized spacial score (nSPS) is 17.9. The summed E-state index contributed by atoms with van der Waals surface area (Å²) in [6.45, 7) is 0. The SMILES string of the molecule is IC1=NC(C(c2ccccc2)(c2ccccc2)c2ccccc2)c2ccnc(OC3CCCCC3)c21. The fourth-order valence-electron chi connectivity index (χ4n) is 5.98. The molecule has 0 spiro atoms. The molecule has 180 valence electrons. The van der Waals surface area contributed by atoms with Crippen LogP contribution in [0.25, 0.3) is 0 Å². The Morgan fingerprint density at radius 3 is 1.75 bits per heavy atom. The summed E-state index contributed by atoms with van der Waals surface area (Å²) in [6.07, 6.45) is 8.10. The van der Waals surface area contributed by atoms with Gasteiger partial charge in [0.05, 0.1) is 17.0 Å². The van der Waals surface area contributed by atoms with Crippen molar-refractivity contribution in [1.29, 1.82) is 0 Å². The van der Waals surface area contributed by atoms with Gasteiger partial charge in [0.1, 0.15) is 9.82 Å². The number of benzene rings is 3. The van der Waals surface area contributed by atoms with E-state index in [9.17, 15) is 0 Å². The van der Waals surface area contributed by atoms with Crippen molar-refractivity contribution in [2.75, 3.05) is 0 Å². The van der Waals surface area contributed by atoms with Crippen LogP contribution in [0.1, 0.15) is 66.0 Å². The number of ether oxygens (including phenoxy) is 1. The topological polar surface area (TPSA) is 34.5 Å². The highest BCUT2D eigenvalue weighted by atomic mass is 127. The lowest BCUT2D eigenvalue weighted by Crippen LogP contribution is -2.35. The van der Waals surface area contributed by atoms with Gasteiger partial charge in [-0.1, -0.05) is 97.4 Å². The minimum absolute atomic E-state index is 0.150. The van der Waals surface area contributed by atoms with Crippen molar-refractivity contribution < 1.29 is 4.74 Å². The fraction of sp³-hybridized carbons (Fsp3) is 0.250. The zero-order valence-electron chi connectivity index (χ0n) is 20.2. The number of fused-ring (bicyclic) bond motifs is 1. The van der Waals surface area contributed by atoms with E-state index in [2.05, 4.69) is 120 Å². The number of halogens is 1. The third-order valence-corrected chi connectivity index (χ3v) is 8.44. The quantitative estimate of drug-likeness (QED) is 0.170. The van der Waals surface area contributed by atoms with Gasteiger partial charge >= 0.3 is 0 Å². The van der Waals surface area contributed by atoms with E-state index in [1.807, 2.05) is 6.20 Å². The van der Waals surface area contributed by atoms with Crippen molar-refractivity contribution in [3.05, 3.63) is 131 Å². The van der Waals surface area contributed by atoms with Gasteiger partial charge in [0, 0.05) is 6.20 Å². The van der Waals surface area contributed by atoms with Gasteiger partial charge in [0.15, 0.2) is 0 Å². The smallest absolute Gasteiger partial charge is 0.224 e. The number of nitrogens with zero attached hydrogens (tertiary/aromatic N) is 2. The highest BCUT2D eigenvalue weighted by molar-refractivity contribution is 14.1. The van der Waals surface area contributed by atoms with Crippen LogP contribution >= 0.6 is 22.6 Å². The zero-order chi connectivity index (χ0) is 24.4. The number of hydrogen-bond acceptors (Lipinski definition) is 3. The van der Waals surface area contributed by atoms with Crippen LogP contribution in [-0.4, -0.2) is 14.8 Å². The molecule has 1 fully saturated rings. The molecular formula is C32H29IN2O. The second-order valence-corrected chi connectivity index (χ2v) is 10.7. The van der Waals surface area contributed by atoms with Gasteiger partial charge in [0.2, 0.25) is 5.88 Å². The Morgan fingerprint density at radius 1 is 0.694 bits per heavy atom. The van der Waals surface area contributed by atoms with Crippen LogP contribution in [0.4, 0.5) is 0 Å². The molecule has 1 unspecified atom stereocenters. The predicted molar refractivity (Wildman–Crippen MR) is 154 cm³/mol. The number of rotatable bonds is 6. The summed E-state index contributed by atoms with van der Waals surface area (Å²) in [6, 6.07) is 34.4. The summed E-state index contributed by atoms with van der Waals surface area (Å²) in [5.41, 5.74) is 5.39. The molecule has 1 aliphatic heterocycles. The molecule has 0 N–H and O–H groups in total. The van der Waals surface area contributed by atoms with Crippen molar-refractivity contribution in [2.24, 2.45) is 4.99 Å². The lowest BCUT2D eigenvalue weighted by atomic mass is 9.63.